The lowest BCUT2D eigenvalue weighted by Crippen LogP contribution is -2.36. The summed E-state index contributed by atoms with van der Waals surface area (Å²) in [4.78, 5) is 36.1. The van der Waals surface area contributed by atoms with E-state index in [0.717, 1.165) is 28.6 Å². The van der Waals surface area contributed by atoms with Gasteiger partial charge in [0.25, 0.3) is 11.1 Å². The fraction of sp³-hybridized carbons (Fsp3) is 0.160. The monoisotopic (exact) mass is 462 g/mol. The summed E-state index contributed by atoms with van der Waals surface area (Å²) in [6.07, 6.45) is 0.475. The Bertz CT molecular complexity index is 1180. The molecule has 1 unspecified atom stereocenters. The van der Waals surface area contributed by atoms with Crippen LogP contribution in [0.4, 0.5) is 4.79 Å². The number of hydrogen-bond acceptors (Lipinski definition) is 6. The SMILES string of the molecule is COc1cccc(Cc2cc(Oc3ccccc3)ccc2C(=O)NCC2SC(=O)NC2=O)c1. The zero-order chi connectivity index (χ0) is 23.2. The van der Waals surface area contributed by atoms with E-state index in [1.54, 1.807) is 19.2 Å². The first-order valence-corrected chi connectivity index (χ1v) is 11.2. The van der Waals surface area contributed by atoms with Gasteiger partial charge in [-0.3, -0.25) is 19.7 Å². The largest absolute Gasteiger partial charge is 0.497 e. The Balaban J connectivity index is 1.57. The van der Waals surface area contributed by atoms with E-state index in [1.807, 2.05) is 60.7 Å². The van der Waals surface area contributed by atoms with Gasteiger partial charge in [0.1, 0.15) is 22.5 Å². The van der Waals surface area contributed by atoms with Crippen molar-refractivity contribution in [2.45, 2.75) is 11.7 Å². The zero-order valence-electron chi connectivity index (χ0n) is 17.9. The molecule has 1 fully saturated rings. The van der Waals surface area contributed by atoms with E-state index in [2.05, 4.69) is 10.6 Å². The van der Waals surface area contributed by atoms with E-state index in [1.165, 1.54) is 0 Å². The van der Waals surface area contributed by atoms with Gasteiger partial charge in [-0.15, -0.1) is 0 Å². The van der Waals surface area contributed by atoms with Crippen LogP contribution in [0.15, 0.2) is 72.8 Å². The summed E-state index contributed by atoms with van der Waals surface area (Å²) in [6.45, 7) is 0.0575. The van der Waals surface area contributed by atoms with Crippen LogP contribution in [0.3, 0.4) is 0 Å². The predicted molar refractivity (Wildman–Crippen MR) is 126 cm³/mol. The molecule has 0 spiro atoms. The Morgan fingerprint density at radius 1 is 0.970 bits per heavy atom. The molecule has 0 saturated carbocycles. The number of carbonyl (C=O) groups is 3. The molecule has 0 radical (unpaired) electrons. The molecule has 7 nitrogen and oxygen atoms in total. The van der Waals surface area contributed by atoms with Gasteiger partial charge in [-0.2, -0.15) is 0 Å². The van der Waals surface area contributed by atoms with Gasteiger partial charge in [-0.25, -0.2) is 0 Å². The van der Waals surface area contributed by atoms with Crippen LogP contribution < -0.4 is 20.1 Å². The summed E-state index contributed by atoms with van der Waals surface area (Å²) in [5.74, 6) is 1.30. The number of amides is 3. The van der Waals surface area contributed by atoms with Gasteiger partial charge in [-0.05, 0) is 71.8 Å². The summed E-state index contributed by atoms with van der Waals surface area (Å²) in [6, 6.07) is 22.3. The number of methoxy groups -OCH3 is 1. The van der Waals surface area contributed by atoms with Gasteiger partial charge in [0.2, 0.25) is 5.91 Å². The van der Waals surface area contributed by atoms with Crippen molar-refractivity contribution in [2.24, 2.45) is 0 Å². The second-order valence-corrected chi connectivity index (χ2v) is 8.53. The number of para-hydroxylation sites is 1. The zero-order valence-corrected chi connectivity index (χ0v) is 18.7. The number of ether oxygens (including phenoxy) is 2. The highest BCUT2D eigenvalue weighted by Crippen LogP contribution is 2.27. The second kappa shape index (κ2) is 10.2. The van der Waals surface area contributed by atoms with Gasteiger partial charge in [0.15, 0.2) is 0 Å². The lowest BCUT2D eigenvalue weighted by molar-refractivity contribution is -0.118. The summed E-state index contributed by atoms with van der Waals surface area (Å²) in [7, 11) is 1.61. The average Bonchev–Trinajstić information content (AvgIpc) is 3.15. The Morgan fingerprint density at radius 2 is 1.76 bits per heavy atom. The maximum Gasteiger partial charge on any atom is 0.286 e. The minimum atomic E-state index is -0.635. The molecule has 3 aromatic carbocycles. The fourth-order valence-corrected chi connectivity index (χ4v) is 4.19. The quantitative estimate of drug-likeness (QED) is 0.522. The van der Waals surface area contributed by atoms with E-state index < -0.39 is 16.4 Å². The summed E-state index contributed by atoms with van der Waals surface area (Å²) < 4.78 is 11.3. The van der Waals surface area contributed by atoms with E-state index in [-0.39, 0.29) is 12.5 Å². The van der Waals surface area contributed by atoms with Gasteiger partial charge in [0.05, 0.1) is 7.11 Å². The molecule has 1 heterocycles. The molecule has 2 N–H and O–H groups in total. The Hall–Kier alpha value is -3.78. The van der Waals surface area contributed by atoms with Crippen molar-refractivity contribution in [3.63, 3.8) is 0 Å². The number of nitrogens with one attached hydrogen (secondary N) is 2. The molecule has 1 atom stereocenters. The molecule has 3 amide bonds. The molecule has 0 bridgehead atoms. The smallest absolute Gasteiger partial charge is 0.286 e. The second-order valence-electron chi connectivity index (χ2n) is 7.36. The molecule has 4 rings (SSSR count). The van der Waals surface area contributed by atoms with Crippen LogP contribution in [-0.2, 0) is 11.2 Å². The van der Waals surface area contributed by atoms with Crippen LogP contribution in [0.25, 0.3) is 0 Å². The molecular formula is C25H22N2O5S. The molecule has 0 aliphatic carbocycles. The Morgan fingerprint density at radius 3 is 2.48 bits per heavy atom. The average molecular weight is 463 g/mol. The number of benzene rings is 3. The maximum atomic E-state index is 13.0. The fourth-order valence-electron chi connectivity index (χ4n) is 3.44. The van der Waals surface area contributed by atoms with Crippen molar-refractivity contribution in [2.75, 3.05) is 13.7 Å². The third-order valence-electron chi connectivity index (χ3n) is 5.04. The number of thioether (sulfide) groups is 1. The van der Waals surface area contributed by atoms with Crippen LogP contribution in [0.5, 0.6) is 17.2 Å². The topological polar surface area (TPSA) is 93.7 Å². The van der Waals surface area contributed by atoms with Crippen LogP contribution in [0.1, 0.15) is 21.5 Å². The molecule has 0 aromatic heterocycles. The standard InChI is InChI=1S/C25H22N2O5S/c1-31-19-9-5-6-16(13-19)12-17-14-20(32-18-7-3-2-4-8-18)10-11-21(17)23(28)26-15-22-24(29)27-25(30)33-22/h2-11,13-14,22H,12,15H2,1H3,(H,26,28)(H,27,29,30). The first kappa shape index (κ1) is 22.4. The molecule has 1 aliphatic heterocycles. The van der Waals surface area contributed by atoms with E-state index in [4.69, 9.17) is 9.47 Å². The first-order valence-electron chi connectivity index (χ1n) is 10.3. The van der Waals surface area contributed by atoms with Crippen LogP contribution >= 0.6 is 11.8 Å². The third-order valence-corrected chi connectivity index (χ3v) is 6.03. The Kier molecular flexibility index (Phi) is 6.95. The third kappa shape index (κ3) is 5.72. The Labute approximate surface area is 195 Å². The highest BCUT2D eigenvalue weighted by Gasteiger charge is 2.31. The number of imide groups is 1. The highest BCUT2D eigenvalue weighted by molar-refractivity contribution is 8.15. The molecule has 1 aliphatic rings. The summed E-state index contributed by atoms with van der Waals surface area (Å²) in [5, 5.41) is 3.96. The normalized spacial score (nSPS) is 15.1. The van der Waals surface area contributed by atoms with Gasteiger partial charge < -0.3 is 14.8 Å². The van der Waals surface area contributed by atoms with E-state index in [9.17, 15) is 14.4 Å². The maximum absolute atomic E-state index is 13.0. The molecule has 168 valence electrons. The molecule has 1 saturated heterocycles. The van der Waals surface area contributed by atoms with Gasteiger partial charge >= 0.3 is 0 Å². The van der Waals surface area contributed by atoms with Crippen molar-refractivity contribution >= 4 is 28.8 Å². The van der Waals surface area contributed by atoms with Crippen LogP contribution in [0.2, 0.25) is 0 Å². The van der Waals surface area contributed by atoms with Crippen LogP contribution in [0, 0.1) is 0 Å². The number of rotatable bonds is 8. The van der Waals surface area contributed by atoms with Crippen molar-refractivity contribution in [1.29, 1.82) is 0 Å². The van der Waals surface area contributed by atoms with Crippen LogP contribution in [-0.4, -0.2) is 36.0 Å². The van der Waals surface area contributed by atoms with E-state index in [0.29, 0.717) is 23.5 Å². The van der Waals surface area contributed by atoms with Crippen molar-refractivity contribution < 1.29 is 23.9 Å². The molecular weight excluding hydrogens is 440 g/mol. The van der Waals surface area contributed by atoms with Crippen molar-refractivity contribution in [1.82, 2.24) is 10.6 Å². The summed E-state index contributed by atoms with van der Waals surface area (Å²) in [5.41, 5.74) is 2.19. The number of hydrogen-bond donors (Lipinski definition) is 2. The van der Waals surface area contributed by atoms with Gasteiger partial charge in [0, 0.05) is 12.1 Å². The number of carbonyl (C=O) groups excluding carboxylic acids is 3. The molecule has 3 aromatic rings. The summed E-state index contributed by atoms with van der Waals surface area (Å²) >= 11 is 0.877. The van der Waals surface area contributed by atoms with Gasteiger partial charge in [-0.1, -0.05) is 30.3 Å². The first-order chi connectivity index (χ1) is 16.0. The minimum Gasteiger partial charge on any atom is -0.497 e. The van der Waals surface area contributed by atoms with E-state index >= 15 is 0 Å². The van der Waals surface area contributed by atoms with Crippen molar-refractivity contribution in [3.8, 4) is 17.2 Å². The van der Waals surface area contributed by atoms with Crippen molar-refractivity contribution in [3.05, 3.63) is 89.5 Å². The highest BCUT2D eigenvalue weighted by atomic mass is 32.2. The molecule has 33 heavy (non-hydrogen) atoms. The molecule has 8 heteroatoms. The predicted octanol–water partition coefficient (Wildman–Crippen LogP) is 4.16. The lowest BCUT2D eigenvalue weighted by atomic mass is 9.98. The minimum absolute atomic E-state index is 0.0575. The lowest BCUT2D eigenvalue weighted by Gasteiger charge is -2.14.